The zero-order valence-corrected chi connectivity index (χ0v) is 17.5. The first-order chi connectivity index (χ1) is 14.7. The van der Waals surface area contributed by atoms with Crippen molar-refractivity contribution in [2.75, 3.05) is 38.2 Å². The highest BCUT2D eigenvalue weighted by molar-refractivity contribution is 7.89. The number of rotatable bonds is 7. The van der Waals surface area contributed by atoms with E-state index in [2.05, 4.69) is 5.32 Å². The third kappa shape index (κ3) is 5.47. The molecule has 1 heterocycles. The normalized spacial score (nSPS) is 14.8. The average Bonchev–Trinajstić information content (AvgIpc) is 2.74. The van der Waals surface area contributed by atoms with Gasteiger partial charge in [0.25, 0.3) is 5.91 Å². The number of anilines is 1. The number of halogens is 2. The molecule has 2 aromatic rings. The molecule has 0 atom stereocenters. The first-order valence-corrected chi connectivity index (χ1v) is 10.7. The summed E-state index contributed by atoms with van der Waals surface area (Å²) >= 11 is 6.06. The number of benzene rings is 2. The second kappa shape index (κ2) is 9.56. The van der Waals surface area contributed by atoms with Crippen molar-refractivity contribution in [1.29, 1.82) is 0 Å². The van der Waals surface area contributed by atoms with Gasteiger partial charge in [0.15, 0.2) is 6.61 Å². The summed E-state index contributed by atoms with van der Waals surface area (Å²) in [6.07, 6.45) is 0. The van der Waals surface area contributed by atoms with Crippen LogP contribution in [0.15, 0.2) is 41.3 Å². The van der Waals surface area contributed by atoms with Gasteiger partial charge in [-0.15, -0.1) is 0 Å². The Morgan fingerprint density at radius 3 is 2.65 bits per heavy atom. The maximum Gasteiger partial charge on any atom is 0.311 e. The van der Waals surface area contributed by atoms with E-state index in [0.29, 0.717) is 0 Å². The minimum Gasteiger partial charge on any atom is -0.477 e. The molecular formula is C18H17ClFN3O7S. The van der Waals surface area contributed by atoms with Gasteiger partial charge in [-0.3, -0.25) is 14.9 Å². The summed E-state index contributed by atoms with van der Waals surface area (Å²) in [6.45, 7) is 0.265. The molecule has 31 heavy (non-hydrogen) atoms. The number of nitrogens with one attached hydrogen (secondary N) is 1. The molecule has 0 saturated carbocycles. The molecule has 166 valence electrons. The minimum absolute atomic E-state index is 0.0124. The minimum atomic E-state index is -3.82. The Kier molecular flexibility index (Phi) is 7.05. The topological polar surface area (TPSA) is 128 Å². The van der Waals surface area contributed by atoms with Crippen LogP contribution in [0.4, 0.5) is 15.8 Å². The van der Waals surface area contributed by atoms with Crippen molar-refractivity contribution in [2.45, 2.75) is 4.90 Å². The van der Waals surface area contributed by atoms with Gasteiger partial charge in [0.05, 0.1) is 33.7 Å². The molecule has 0 radical (unpaired) electrons. The monoisotopic (exact) mass is 473 g/mol. The van der Waals surface area contributed by atoms with Gasteiger partial charge >= 0.3 is 5.69 Å². The van der Waals surface area contributed by atoms with E-state index in [1.807, 2.05) is 0 Å². The Morgan fingerprint density at radius 2 is 1.97 bits per heavy atom. The zero-order chi connectivity index (χ0) is 22.6. The molecule has 10 nitrogen and oxygen atoms in total. The Bertz CT molecular complexity index is 1110. The van der Waals surface area contributed by atoms with Crippen LogP contribution in [0.25, 0.3) is 0 Å². The van der Waals surface area contributed by atoms with Crippen LogP contribution in [0.5, 0.6) is 5.75 Å². The fraction of sp³-hybridized carbons (Fsp3) is 0.278. The molecule has 0 unspecified atom stereocenters. The molecule has 13 heteroatoms. The van der Waals surface area contributed by atoms with Crippen LogP contribution < -0.4 is 10.1 Å². The number of carbonyl (C=O) groups excluding carboxylic acids is 1. The van der Waals surface area contributed by atoms with Crippen molar-refractivity contribution in [2.24, 2.45) is 0 Å². The second-order valence-corrected chi connectivity index (χ2v) is 8.71. The number of nitro benzene ring substituents is 1. The van der Waals surface area contributed by atoms with E-state index >= 15 is 0 Å². The Labute approximate surface area is 181 Å². The third-order valence-corrected chi connectivity index (χ3v) is 6.52. The van der Waals surface area contributed by atoms with Crippen LogP contribution in [-0.4, -0.2) is 56.5 Å². The van der Waals surface area contributed by atoms with E-state index < -0.39 is 44.7 Å². The van der Waals surface area contributed by atoms with Crippen LogP contribution in [0.2, 0.25) is 5.02 Å². The van der Waals surface area contributed by atoms with Crippen molar-refractivity contribution in [3.63, 3.8) is 0 Å². The molecule has 0 bridgehead atoms. The highest BCUT2D eigenvalue weighted by Gasteiger charge is 2.27. The highest BCUT2D eigenvalue weighted by atomic mass is 35.5. The van der Waals surface area contributed by atoms with Crippen LogP contribution >= 0.6 is 11.6 Å². The fourth-order valence-corrected chi connectivity index (χ4v) is 4.38. The Morgan fingerprint density at radius 1 is 1.26 bits per heavy atom. The third-order valence-electron chi connectivity index (χ3n) is 4.30. The summed E-state index contributed by atoms with van der Waals surface area (Å²) in [5.41, 5.74) is -0.496. The number of nitro groups is 1. The molecule has 1 aliphatic rings. The van der Waals surface area contributed by atoms with E-state index in [-0.39, 0.29) is 41.9 Å². The molecule has 0 aromatic heterocycles. The summed E-state index contributed by atoms with van der Waals surface area (Å²) < 4.78 is 50.4. The molecule has 3 rings (SSSR count). The zero-order valence-electron chi connectivity index (χ0n) is 15.9. The predicted molar refractivity (Wildman–Crippen MR) is 108 cm³/mol. The smallest absolute Gasteiger partial charge is 0.311 e. The van der Waals surface area contributed by atoms with Gasteiger partial charge in [-0.2, -0.15) is 4.31 Å². The van der Waals surface area contributed by atoms with Gasteiger partial charge in [0.2, 0.25) is 15.8 Å². The number of amides is 1. The number of sulfonamides is 1. The maximum atomic E-state index is 13.4. The first-order valence-electron chi connectivity index (χ1n) is 8.92. The van der Waals surface area contributed by atoms with E-state index in [0.717, 1.165) is 18.2 Å². The number of hydrogen-bond donors (Lipinski definition) is 1. The number of carbonyl (C=O) groups is 1. The van der Waals surface area contributed by atoms with Crippen LogP contribution in [0, 0.1) is 15.9 Å². The van der Waals surface area contributed by atoms with Gasteiger partial charge in [0.1, 0.15) is 5.82 Å². The number of nitrogens with zero attached hydrogens (tertiary/aromatic N) is 2. The Hall–Kier alpha value is -2.80. The van der Waals surface area contributed by atoms with Gasteiger partial charge in [-0.05, 0) is 24.3 Å². The number of morpholine rings is 1. The molecule has 1 fully saturated rings. The predicted octanol–water partition coefficient (Wildman–Crippen LogP) is 2.43. The van der Waals surface area contributed by atoms with Crippen LogP contribution in [-0.2, 0) is 19.6 Å². The van der Waals surface area contributed by atoms with Crippen molar-refractivity contribution in [3.8, 4) is 5.75 Å². The summed E-state index contributed by atoms with van der Waals surface area (Å²) in [4.78, 5) is 22.4. The quantitative estimate of drug-likeness (QED) is 0.483. The maximum absolute atomic E-state index is 13.4. The van der Waals surface area contributed by atoms with E-state index in [4.69, 9.17) is 21.1 Å². The van der Waals surface area contributed by atoms with Crippen molar-refractivity contribution >= 4 is 38.9 Å². The molecule has 1 amide bonds. The molecule has 1 aliphatic heterocycles. The molecular weight excluding hydrogens is 457 g/mol. The standard InChI is InChI=1S/C18H17ClFN3O7S/c19-14-3-2-13(31(27,28)22-5-7-29-8-6-22)10-15(14)21-18(24)11-30-17-9-12(20)1-4-16(17)23(25)26/h1-4,9-10H,5-8,11H2,(H,21,24). The van der Waals surface area contributed by atoms with Crippen molar-refractivity contribution < 1.29 is 32.0 Å². The Balaban J connectivity index is 1.73. The lowest BCUT2D eigenvalue weighted by molar-refractivity contribution is -0.385. The van der Waals surface area contributed by atoms with E-state index in [9.17, 15) is 27.7 Å². The van der Waals surface area contributed by atoms with Gasteiger partial charge < -0.3 is 14.8 Å². The largest absolute Gasteiger partial charge is 0.477 e. The molecule has 1 saturated heterocycles. The number of ether oxygens (including phenoxy) is 2. The van der Waals surface area contributed by atoms with Crippen molar-refractivity contribution in [3.05, 3.63) is 57.4 Å². The molecule has 0 spiro atoms. The van der Waals surface area contributed by atoms with Gasteiger partial charge in [-0.1, -0.05) is 11.6 Å². The second-order valence-electron chi connectivity index (χ2n) is 6.36. The summed E-state index contributed by atoms with van der Waals surface area (Å²) in [5, 5.41) is 13.5. The summed E-state index contributed by atoms with van der Waals surface area (Å²) in [5.74, 6) is -1.97. The van der Waals surface area contributed by atoms with E-state index in [1.54, 1.807) is 0 Å². The SMILES string of the molecule is O=C(COc1cc(F)ccc1[N+](=O)[O-])Nc1cc(S(=O)(=O)N2CCOCC2)ccc1Cl. The van der Waals surface area contributed by atoms with Crippen LogP contribution in [0.1, 0.15) is 0 Å². The molecule has 0 aliphatic carbocycles. The average molecular weight is 474 g/mol. The lowest BCUT2D eigenvalue weighted by Crippen LogP contribution is -2.40. The number of hydrogen-bond acceptors (Lipinski definition) is 7. The van der Waals surface area contributed by atoms with Gasteiger partial charge in [-0.25, -0.2) is 12.8 Å². The fourth-order valence-electron chi connectivity index (χ4n) is 2.78. The van der Waals surface area contributed by atoms with Crippen LogP contribution in [0.3, 0.4) is 0 Å². The highest BCUT2D eigenvalue weighted by Crippen LogP contribution is 2.29. The van der Waals surface area contributed by atoms with E-state index in [1.165, 1.54) is 22.5 Å². The molecule has 2 aromatic carbocycles. The lowest BCUT2D eigenvalue weighted by atomic mass is 10.3. The molecule has 1 N–H and O–H groups in total. The van der Waals surface area contributed by atoms with Gasteiger partial charge in [0, 0.05) is 25.2 Å². The lowest BCUT2D eigenvalue weighted by Gasteiger charge is -2.26. The van der Waals surface area contributed by atoms with Crippen molar-refractivity contribution in [1.82, 2.24) is 4.31 Å². The summed E-state index contributed by atoms with van der Waals surface area (Å²) in [7, 11) is -3.82. The summed E-state index contributed by atoms with van der Waals surface area (Å²) in [6, 6.07) is 6.44. The first kappa shape index (κ1) is 22.9.